The molecule has 1 aliphatic carbocycles. The van der Waals surface area contributed by atoms with E-state index in [0.29, 0.717) is 11.5 Å². The predicted molar refractivity (Wildman–Crippen MR) is 99.2 cm³/mol. The van der Waals surface area contributed by atoms with Gasteiger partial charge in [-0.2, -0.15) is 5.26 Å². The summed E-state index contributed by atoms with van der Waals surface area (Å²) in [5.74, 6) is 0.366. The SMILES string of the molecule is COC(=O)Cc1nc(C#N)c(-c2cnc(NC3Cc4ccccc4C3)nc2)o1. The summed E-state index contributed by atoms with van der Waals surface area (Å²) in [6, 6.07) is 10.6. The molecule has 8 heteroatoms. The van der Waals surface area contributed by atoms with Crippen molar-refractivity contribution in [3.63, 3.8) is 0 Å². The number of carbonyl (C=O) groups excluding carboxylic acids is 1. The van der Waals surface area contributed by atoms with Gasteiger partial charge in [-0.3, -0.25) is 4.79 Å². The van der Waals surface area contributed by atoms with E-state index in [-0.39, 0.29) is 29.8 Å². The molecule has 0 fully saturated rings. The van der Waals surface area contributed by atoms with Crippen molar-refractivity contribution < 1.29 is 13.9 Å². The molecule has 2 aromatic heterocycles. The summed E-state index contributed by atoms with van der Waals surface area (Å²) in [6.07, 6.45) is 4.85. The van der Waals surface area contributed by atoms with Gasteiger partial charge in [0, 0.05) is 18.4 Å². The summed E-state index contributed by atoms with van der Waals surface area (Å²) in [4.78, 5) is 24.1. The number of anilines is 1. The summed E-state index contributed by atoms with van der Waals surface area (Å²) in [6.45, 7) is 0. The van der Waals surface area contributed by atoms with E-state index in [4.69, 9.17) is 4.42 Å². The van der Waals surface area contributed by atoms with Crippen LogP contribution < -0.4 is 5.32 Å². The van der Waals surface area contributed by atoms with Crippen LogP contribution in [0.15, 0.2) is 41.1 Å². The number of nitrogens with one attached hydrogen (secondary N) is 1. The molecule has 0 saturated heterocycles. The Hall–Kier alpha value is -3.73. The molecule has 0 aliphatic heterocycles. The lowest BCUT2D eigenvalue weighted by atomic mass is 10.1. The van der Waals surface area contributed by atoms with Crippen LogP contribution in [0.2, 0.25) is 0 Å². The molecule has 0 amide bonds. The van der Waals surface area contributed by atoms with Gasteiger partial charge in [-0.15, -0.1) is 0 Å². The molecule has 0 saturated carbocycles. The fourth-order valence-electron chi connectivity index (χ4n) is 3.27. The standard InChI is InChI=1S/C20H17N5O3/c1-27-18(26)8-17-25-16(9-21)19(28-17)14-10-22-20(23-11-14)24-15-6-12-4-2-3-5-13(12)7-15/h2-5,10-11,15H,6-8H2,1H3,(H,22,23,24). The number of oxazole rings is 1. The second-order valence-corrected chi connectivity index (χ2v) is 6.46. The Balaban J connectivity index is 1.48. The topological polar surface area (TPSA) is 114 Å². The molecular weight excluding hydrogens is 358 g/mol. The molecule has 0 atom stereocenters. The molecule has 1 aromatic carbocycles. The minimum absolute atomic E-state index is 0.0782. The van der Waals surface area contributed by atoms with E-state index in [1.165, 1.54) is 18.2 Å². The van der Waals surface area contributed by atoms with Gasteiger partial charge in [0.1, 0.15) is 12.5 Å². The molecule has 8 nitrogen and oxygen atoms in total. The van der Waals surface area contributed by atoms with E-state index < -0.39 is 5.97 Å². The number of aromatic nitrogens is 3. The van der Waals surface area contributed by atoms with Gasteiger partial charge in [-0.05, 0) is 24.0 Å². The van der Waals surface area contributed by atoms with Crippen LogP contribution >= 0.6 is 0 Å². The maximum Gasteiger partial charge on any atom is 0.314 e. The number of hydrogen-bond acceptors (Lipinski definition) is 8. The summed E-state index contributed by atoms with van der Waals surface area (Å²) >= 11 is 0. The third kappa shape index (κ3) is 3.55. The lowest BCUT2D eigenvalue weighted by Crippen LogP contribution is -2.20. The number of ether oxygens (including phenoxy) is 1. The highest BCUT2D eigenvalue weighted by Gasteiger charge is 2.22. The van der Waals surface area contributed by atoms with Gasteiger partial charge in [0.2, 0.25) is 11.8 Å². The first-order chi connectivity index (χ1) is 13.7. The first-order valence-electron chi connectivity index (χ1n) is 8.78. The molecule has 140 valence electrons. The number of benzene rings is 1. The number of rotatable bonds is 5. The predicted octanol–water partition coefficient (Wildman–Crippen LogP) is 2.30. The number of esters is 1. The number of methoxy groups -OCH3 is 1. The van der Waals surface area contributed by atoms with Crippen LogP contribution in [0.25, 0.3) is 11.3 Å². The molecule has 0 radical (unpaired) electrons. The van der Waals surface area contributed by atoms with Gasteiger partial charge in [0.15, 0.2) is 11.5 Å². The van der Waals surface area contributed by atoms with E-state index >= 15 is 0 Å². The van der Waals surface area contributed by atoms with Crippen molar-refractivity contribution in [1.82, 2.24) is 15.0 Å². The summed E-state index contributed by atoms with van der Waals surface area (Å²) in [5.41, 5.74) is 3.28. The van der Waals surface area contributed by atoms with Crippen LogP contribution in [-0.4, -0.2) is 34.1 Å². The number of carbonyl (C=O) groups is 1. The van der Waals surface area contributed by atoms with Gasteiger partial charge >= 0.3 is 5.97 Å². The molecule has 28 heavy (non-hydrogen) atoms. The van der Waals surface area contributed by atoms with Crippen LogP contribution in [0, 0.1) is 11.3 Å². The van der Waals surface area contributed by atoms with Crippen LogP contribution in [0.1, 0.15) is 22.7 Å². The molecule has 2 heterocycles. The van der Waals surface area contributed by atoms with Crippen molar-refractivity contribution >= 4 is 11.9 Å². The van der Waals surface area contributed by atoms with Crippen molar-refractivity contribution in [3.8, 4) is 17.4 Å². The highest BCUT2D eigenvalue weighted by Crippen LogP contribution is 2.26. The quantitative estimate of drug-likeness (QED) is 0.676. The smallest absolute Gasteiger partial charge is 0.314 e. The van der Waals surface area contributed by atoms with Crippen LogP contribution in [-0.2, 0) is 28.8 Å². The van der Waals surface area contributed by atoms with E-state index in [2.05, 4.69) is 37.1 Å². The lowest BCUT2D eigenvalue weighted by molar-refractivity contribution is -0.140. The lowest BCUT2D eigenvalue weighted by Gasteiger charge is -2.11. The highest BCUT2D eigenvalue weighted by molar-refractivity contribution is 5.71. The first kappa shape index (κ1) is 17.7. The van der Waals surface area contributed by atoms with Crippen molar-refractivity contribution in [3.05, 3.63) is 59.4 Å². The number of fused-ring (bicyclic) bond motifs is 1. The van der Waals surface area contributed by atoms with Crippen LogP contribution in [0.3, 0.4) is 0 Å². The van der Waals surface area contributed by atoms with Gasteiger partial charge in [-0.25, -0.2) is 15.0 Å². The van der Waals surface area contributed by atoms with E-state index in [1.54, 1.807) is 12.4 Å². The Morgan fingerprint density at radius 3 is 2.57 bits per heavy atom. The Kier molecular flexibility index (Phi) is 4.72. The van der Waals surface area contributed by atoms with E-state index in [1.807, 2.05) is 18.2 Å². The van der Waals surface area contributed by atoms with Crippen molar-refractivity contribution in [2.45, 2.75) is 25.3 Å². The van der Waals surface area contributed by atoms with Gasteiger partial charge < -0.3 is 14.5 Å². The zero-order valence-corrected chi connectivity index (χ0v) is 15.2. The maximum absolute atomic E-state index is 11.4. The zero-order chi connectivity index (χ0) is 19.5. The summed E-state index contributed by atoms with van der Waals surface area (Å²) in [7, 11) is 1.28. The van der Waals surface area contributed by atoms with Gasteiger partial charge in [-0.1, -0.05) is 24.3 Å². The van der Waals surface area contributed by atoms with E-state index in [9.17, 15) is 10.1 Å². The minimum Gasteiger partial charge on any atom is -0.469 e. The molecule has 3 aromatic rings. The average Bonchev–Trinajstić information content (AvgIpc) is 3.31. The van der Waals surface area contributed by atoms with Crippen LogP contribution in [0.4, 0.5) is 5.95 Å². The molecule has 0 spiro atoms. The van der Waals surface area contributed by atoms with Crippen LogP contribution in [0.5, 0.6) is 0 Å². The fraction of sp³-hybridized carbons (Fsp3) is 0.250. The van der Waals surface area contributed by atoms with E-state index in [0.717, 1.165) is 12.8 Å². The fourth-order valence-corrected chi connectivity index (χ4v) is 3.27. The van der Waals surface area contributed by atoms with Crippen molar-refractivity contribution in [2.24, 2.45) is 0 Å². The second-order valence-electron chi connectivity index (χ2n) is 6.46. The molecule has 0 bridgehead atoms. The molecule has 0 unspecified atom stereocenters. The maximum atomic E-state index is 11.4. The highest BCUT2D eigenvalue weighted by atomic mass is 16.5. The number of hydrogen-bond donors (Lipinski definition) is 1. The van der Waals surface area contributed by atoms with Gasteiger partial charge in [0.25, 0.3) is 0 Å². The molecular formula is C20H17N5O3. The minimum atomic E-state index is -0.495. The molecule has 4 rings (SSSR count). The van der Waals surface area contributed by atoms with Gasteiger partial charge in [0.05, 0.1) is 12.7 Å². The Morgan fingerprint density at radius 2 is 1.96 bits per heavy atom. The molecule has 1 aliphatic rings. The molecule has 1 N–H and O–H groups in total. The zero-order valence-electron chi connectivity index (χ0n) is 15.2. The van der Waals surface area contributed by atoms with Crippen molar-refractivity contribution in [2.75, 3.05) is 12.4 Å². The first-order valence-corrected chi connectivity index (χ1v) is 8.78. The summed E-state index contributed by atoms with van der Waals surface area (Å²) in [5, 5.41) is 12.6. The average molecular weight is 375 g/mol. The third-order valence-corrected chi connectivity index (χ3v) is 4.60. The van der Waals surface area contributed by atoms with Crippen molar-refractivity contribution in [1.29, 1.82) is 5.26 Å². The Morgan fingerprint density at radius 1 is 1.29 bits per heavy atom. The Bertz CT molecular complexity index is 1030. The summed E-state index contributed by atoms with van der Waals surface area (Å²) < 4.78 is 10.1. The Labute approximate surface area is 161 Å². The third-order valence-electron chi connectivity index (χ3n) is 4.60. The number of nitrogens with zero attached hydrogens (tertiary/aromatic N) is 4. The largest absolute Gasteiger partial charge is 0.469 e. The number of nitriles is 1. The normalized spacial score (nSPS) is 13.0. The second kappa shape index (κ2) is 7.48. The monoisotopic (exact) mass is 375 g/mol.